The number of Topliss-reactive ketones (excluding diaryl/α,β-unsaturated/α-hetero) is 1. The van der Waals surface area contributed by atoms with Gasteiger partial charge in [-0.05, 0) is 84.4 Å². The van der Waals surface area contributed by atoms with Crippen molar-refractivity contribution in [1.82, 2.24) is 19.7 Å². The summed E-state index contributed by atoms with van der Waals surface area (Å²) >= 11 is 0. The van der Waals surface area contributed by atoms with Crippen molar-refractivity contribution in [3.63, 3.8) is 0 Å². The van der Waals surface area contributed by atoms with Crippen LogP contribution in [0.2, 0.25) is 0 Å². The summed E-state index contributed by atoms with van der Waals surface area (Å²) in [6.45, 7) is 13.3. The van der Waals surface area contributed by atoms with Gasteiger partial charge in [-0.3, -0.25) is 14.5 Å². The predicted molar refractivity (Wildman–Crippen MR) is 156 cm³/mol. The number of carbonyl (C=O) groups excluding carboxylic acids is 2. The third-order valence-electron chi connectivity index (χ3n) is 8.10. The van der Waals surface area contributed by atoms with E-state index in [4.69, 9.17) is 9.84 Å². The highest BCUT2D eigenvalue weighted by Gasteiger charge is 2.41. The molecule has 1 aromatic carbocycles. The van der Waals surface area contributed by atoms with Gasteiger partial charge in [-0.2, -0.15) is 5.10 Å². The Morgan fingerprint density at radius 1 is 0.975 bits per heavy atom. The lowest BCUT2D eigenvalue weighted by molar-refractivity contribution is -0.124. The zero-order valence-corrected chi connectivity index (χ0v) is 24.7. The molecule has 0 N–H and O–H groups in total. The smallest absolute Gasteiger partial charge is 0.410 e. The molecule has 1 saturated heterocycles. The van der Waals surface area contributed by atoms with Gasteiger partial charge >= 0.3 is 6.09 Å². The zero-order valence-electron chi connectivity index (χ0n) is 24.7. The van der Waals surface area contributed by atoms with Crippen molar-refractivity contribution in [2.75, 3.05) is 13.1 Å². The Balaban J connectivity index is 1.38. The summed E-state index contributed by atoms with van der Waals surface area (Å²) in [6.07, 6.45) is 6.09. The molecule has 3 heterocycles. The van der Waals surface area contributed by atoms with Crippen LogP contribution in [0, 0.1) is 11.8 Å². The average Bonchev–Trinajstić information content (AvgIpc) is 3.50. The van der Waals surface area contributed by atoms with Crippen LogP contribution in [0.4, 0.5) is 4.79 Å². The van der Waals surface area contributed by atoms with E-state index in [0.717, 1.165) is 24.1 Å². The van der Waals surface area contributed by atoms with E-state index in [1.807, 2.05) is 51.1 Å². The van der Waals surface area contributed by atoms with Gasteiger partial charge in [-0.15, -0.1) is 0 Å². The van der Waals surface area contributed by atoms with Gasteiger partial charge in [0.25, 0.3) is 0 Å². The minimum atomic E-state index is -0.558. The van der Waals surface area contributed by atoms with Crippen molar-refractivity contribution in [1.29, 1.82) is 0 Å². The van der Waals surface area contributed by atoms with Gasteiger partial charge in [0.2, 0.25) is 0 Å². The van der Waals surface area contributed by atoms with Gasteiger partial charge in [0.1, 0.15) is 11.4 Å². The number of amides is 1. The van der Waals surface area contributed by atoms with Gasteiger partial charge in [0.05, 0.1) is 11.2 Å². The second-order valence-corrected chi connectivity index (χ2v) is 13.4. The highest BCUT2D eigenvalue weighted by molar-refractivity contribution is 5.83. The van der Waals surface area contributed by atoms with Gasteiger partial charge in [0.15, 0.2) is 0 Å². The molecule has 7 heteroatoms. The van der Waals surface area contributed by atoms with E-state index in [0.29, 0.717) is 25.9 Å². The van der Waals surface area contributed by atoms with Crippen LogP contribution >= 0.6 is 0 Å². The van der Waals surface area contributed by atoms with Crippen LogP contribution in [0.25, 0.3) is 11.3 Å². The van der Waals surface area contributed by atoms with Crippen molar-refractivity contribution < 1.29 is 14.3 Å². The van der Waals surface area contributed by atoms with Crippen molar-refractivity contribution in [2.24, 2.45) is 11.8 Å². The summed E-state index contributed by atoms with van der Waals surface area (Å²) in [7, 11) is 0. The summed E-state index contributed by atoms with van der Waals surface area (Å²) < 4.78 is 7.84. The molecule has 1 amide bonds. The molecular formula is C33H42N4O3. The van der Waals surface area contributed by atoms with E-state index >= 15 is 0 Å². The van der Waals surface area contributed by atoms with Gasteiger partial charge in [-0.1, -0.05) is 30.3 Å². The molecule has 0 bridgehead atoms. The maximum absolute atomic E-state index is 13.9. The lowest BCUT2D eigenvalue weighted by Crippen LogP contribution is -2.35. The molecule has 3 aromatic rings. The second-order valence-electron chi connectivity index (χ2n) is 13.4. The summed E-state index contributed by atoms with van der Waals surface area (Å²) in [5, 5.41) is 5.06. The molecule has 3 atom stereocenters. The molecule has 0 saturated carbocycles. The fourth-order valence-electron chi connectivity index (χ4n) is 6.24. The first-order valence-electron chi connectivity index (χ1n) is 14.5. The third-order valence-corrected chi connectivity index (χ3v) is 8.10. The lowest BCUT2D eigenvalue weighted by Gasteiger charge is -2.28. The first-order chi connectivity index (χ1) is 18.9. The van der Waals surface area contributed by atoms with Crippen molar-refractivity contribution >= 4 is 11.9 Å². The van der Waals surface area contributed by atoms with E-state index in [9.17, 15) is 9.59 Å². The molecule has 1 aliphatic heterocycles. The van der Waals surface area contributed by atoms with Crippen LogP contribution in [-0.4, -0.2) is 50.2 Å². The monoisotopic (exact) mass is 542 g/mol. The Morgan fingerprint density at radius 2 is 1.68 bits per heavy atom. The minimum absolute atomic E-state index is 0.0563. The van der Waals surface area contributed by atoms with Crippen molar-refractivity contribution in [3.05, 3.63) is 71.7 Å². The Hall–Kier alpha value is -3.48. The molecule has 1 fully saturated rings. The maximum Gasteiger partial charge on any atom is 0.410 e. The summed E-state index contributed by atoms with van der Waals surface area (Å²) in [5.74, 6) is 0.387. The Morgan fingerprint density at radius 3 is 2.33 bits per heavy atom. The molecule has 2 aliphatic rings. The molecule has 40 heavy (non-hydrogen) atoms. The lowest BCUT2D eigenvalue weighted by atomic mass is 9.78. The van der Waals surface area contributed by atoms with E-state index in [1.54, 1.807) is 17.3 Å². The summed E-state index contributed by atoms with van der Waals surface area (Å²) in [5.41, 5.74) is 4.89. The third kappa shape index (κ3) is 5.98. The van der Waals surface area contributed by atoms with E-state index in [1.165, 1.54) is 16.8 Å². The topological polar surface area (TPSA) is 77.3 Å². The molecule has 212 valence electrons. The van der Waals surface area contributed by atoms with Crippen LogP contribution < -0.4 is 0 Å². The van der Waals surface area contributed by atoms with Crippen LogP contribution in [0.15, 0.2) is 54.9 Å². The fraction of sp³-hybridized carbons (Fsp3) is 0.515. The molecular weight excluding hydrogens is 500 g/mol. The molecule has 2 aromatic heterocycles. The van der Waals surface area contributed by atoms with Gasteiger partial charge in [-0.25, -0.2) is 4.79 Å². The number of ether oxygens (including phenoxy) is 1. The van der Waals surface area contributed by atoms with Crippen LogP contribution in [-0.2, 0) is 27.9 Å². The predicted octanol–water partition coefficient (Wildman–Crippen LogP) is 6.41. The normalized spacial score (nSPS) is 21.2. The fourth-order valence-corrected chi connectivity index (χ4v) is 6.24. The van der Waals surface area contributed by atoms with Gasteiger partial charge < -0.3 is 9.64 Å². The van der Waals surface area contributed by atoms with E-state index in [2.05, 4.69) is 42.6 Å². The number of likely N-dealkylation sites (tertiary alicyclic amines) is 1. The maximum atomic E-state index is 13.9. The SMILES string of the molecule is CC(C)(C)OC(=O)N1CC(CC(=O)C2CCc3c(c(-c4ccncc4)nn3C(C)(C)C)C2)C(c2ccccc2)C1. The number of benzene rings is 1. The van der Waals surface area contributed by atoms with Crippen molar-refractivity contribution in [3.8, 4) is 11.3 Å². The number of fused-ring (bicyclic) bond motifs is 1. The average molecular weight is 543 g/mol. The quantitative estimate of drug-likeness (QED) is 0.372. The number of ketones is 1. The van der Waals surface area contributed by atoms with Gasteiger partial charge in [0, 0.05) is 60.6 Å². The Bertz CT molecular complexity index is 1350. The van der Waals surface area contributed by atoms with Crippen LogP contribution in [0.5, 0.6) is 0 Å². The second kappa shape index (κ2) is 10.8. The standard InChI is InChI=1S/C33H42N4O3/c1-32(2,3)37-28-13-12-24(18-26(28)30(35-37)23-14-16-34-17-15-23)29(38)19-25-20-36(31(39)40-33(4,5)6)21-27(25)22-10-8-7-9-11-22/h7-11,14-17,24-25,27H,12-13,18-21H2,1-6H3. The molecule has 7 nitrogen and oxygen atoms in total. The number of hydrogen-bond donors (Lipinski definition) is 0. The number of carbonyl (C=O) groups is 2. The molecule has 5 rings (SSSR count). The number of nitrogens with zero attached hydrogens (tertiary/aromatic N) is 4. The van der Waals surface area contributed by atoms with E-state index in [-0.39, 0.29) is 35.2 Å². The number of aromatic nitrogens is 3. The Kier molecular flexibility index (Phi) is 7.60. The zero-order chi connectivity index (χ0) is 28.7. The molecule has 3 unspecified atom stereocenters. The number of rotatable bonds is 5. The number of pyridine rings is 1. The molecule has 0 radical (unpaired) electrons. The minimum Gasteiger partial charge on any atom is -0.444 e. The van der Waals surface area contributed by atoms with Crippen molar-refractivity contribution in [2.45, 2.75) is 84.3 Å². The highest BCUT2D eigenvalue weighted by atomic mass is 16.6. The summed E-state index contributed by atoms with van der Waals surface area (Å²) in [4.78, 5) is 32.9. The van der Waals surface area contributed by atoms with E-state index < -0.39 is 5.60 Å². The largest absolute Gasteiger partial charge is 0.444 e. The van der Waals surface area contributed by atoms with Crippen LogP contribution in [0.3, 0.4) is 0 Å². The molecule has 1 aliphatic carbocycles. The number of hydrogen-bond acceptors (Lipinski definition) is 5. The Labute approximate surface area is 237 Å². The highest BCUT2D eigenvalue weighted by Crippen LogP contribution is 2.40. The first kappa shape index (κ1) is 28.1. The first-order valence-corrected chi connectivity index (χ1v) is 14.5. The molecule has 0 spiro atoms. The van der Waals surface area contributed by atoms with Crippen LogP contribution in [0.1, 0.15) is 77.1 Å². The summed E-state index contributed by atoms with van der Waals surface area (Å²) in [6, 6.07) is 14.3.